The van der Waals surface area contributed by atoms with Gasteiger partial charge in [-0.1, -0.05) is 12.1 Å². The molecule has 20 heavy (non-hydrogen) atoms. The number of aryl methyl sites for hydroxylation is 1. The lowest BCUT2D eigenvalue weighted by Gasteiger charge is -2.33. The van der Waals surface area contributed by atoms with Crippen LogP contribution in [0.4, 0.5) is 4.39 Å². The van der Waals surface area contributed by atoms with Gasteiger partial charge in [0.2, 0.25) is 5.91 Å². The van der Waals surface area contributed by atoms with E-state index < -0.39 is 0 Å². The predicted octanol–water partition coefficient (Wildman–Crippen LogP) is 3.41. The second kappa shape index (κ2) is 5.94. The maximum atomic E-state index is 13.1. The number of likely N-dealkylation sites (tertiary alicyclic amines) is 1. The van der Waals surface area contributed by atoms with Gasteiger partial charge in [-0.3, -0.25) is 4.79 Å². The van der Waals surface area contributed by atoms with Gasteiger partial charge in [-0.15, -0.1) is 0 Å². The van der Waals surface area contributed by atoms with Gasteiger partial charge in [-0.05, 0) is 62.1 Å². The van der Waals surface area contributed by atoms with E-state index in [1.165, 1.54) is 12.5 Å². The highest BCUT2D eigenvalue weighted by atomic mass is 19.1. The largest absolute Gasteiger partial charge is 0.342 e. The number of rotatable bonds is 4. The number of nitrogens with zero attached hydrogens (tertiary/aromatic N) is 1. The lowest BCUT2D eigenvalue weighted by molar-refractivity contribution is -0.134. The van der Waals surface area contributed by atoms with Crippen LogP contribution in [-0.4, -0.2) is 23.9 Å². The number of carbonyl (C=O) groups is 1. The zero-order valence-corrected chi connectivity index (χ0v) is 11.9. The highest BCUT2D eigenvalue weighted by Gasteiger charge is 2.35. The van der Waals surface area contributed by atoms with Crippen molar-refractivity contribution < 1.29 is 9.18 Å². The van der Waals surface area contributed by atoms with Crippen LogP contribution in [0.1, 0.15) is 37.7 Å². The lowest BCUT2D eigenvalue weighted by Crippen LogP contribution is -2.40. The van der Waals surface area contributed by atoms with Crippen LogP contribution in [0, 0.1) is 17.7 Å². The van der Waals surface area contributed by atoms with E-state index in [1.807, 2.05) is 6.07 Å². The van der Waals surface area contributed by atoms with Gasteiger partial charge in [0, 0.05) is 19.0 Å². The summed E-state index contributed by atoms with van der Waals surface area (Å²) in [5.41, 5.74) is 1.07. The van der Waals surface area contributed by atoms with Gasteiger partial charge < -0.3 is 4.90 Å². The van der Waals surface area contributed by atoms with Crippen molar-refractivity contribution in [3.63, 3.8) is 0 Å². The molecule has 2 fully saturated rings. The molecule has 1 aliphatic carbocycles. The van der Waals surface area contributed by atoms with Crippen LogP contribution in [0.25, 0.3) is 0 Å². The van der Waals surface area contributed by atoms with E-state index in [9.17, 15) is 9.18 Å². The molecule has 1 aliphatic heterocycles. The molecule has 1 heterocycles. The van der Waals surface area contributed by atoms with Crippen LogP contribution in [0.5, 0.6) is 0 Å². The van der Waals surface area contributed by atoms with Gasteiger partial charge in [0.1, 0.15) is 5.82 Å². The average molecular weight is 275 g/mol. The zero-order chi connectivity index (χ0) is 13.9. The van der Waals surface area contributed by atoms with Crippen LogP contribution in [0.15, 0.2) is 24.3 Å². The van der Waals surface area contributed by atoms with E-state index in [-0.39, 0.29) is 5.82 Å². The normalized spacial score (nSPS) is 22.9. The predicted molar refractivity (Wildman–Crippen MR) is 76.7 cm³/mol. The molecule has 0 spiro atoms. The molecule has 1 aromatic carbocycles. The number of halogens is 1. The summed E-state index contributed by atoms with van der Waals surface area (Å²) in [4.78, 5) is 14.2. The number of hydrogen-bond acceptors (Lipinski definition) is 1. The fourth-order valence-corrected chi connectivity index (χ4v) is 3.15. The molecule has 2 nitrogen and oxygen atoms in total. The summed E-state index contributed by atoms with van der Waals surface area (Å²) >= 11 is 0. The molecule has 1 atom stereocenters. The van der Waals surface area contributed by atoms with E-state index in [4.69, 9.17) is 0 Å². The van der Waals surface area contributed by atoms with Crippen LogP contribution < -0.4 is 0 Å². The molecule has 3 heteroatoms. The highest BCUT2D eigenvalue weighted by Crippen LogP contribution is 2.33. The van der Waals surface area contributed by atoms with Gasteiger partial charge >= 0.3 is 0 Å². The van der Waals surface area contributed by atoms with E-state index in [1.54, 1.807) is 12.1 Å². The Bertz CT molecular complexity index is 484. The molecule has 1 saturated carbocycles. The molecule has 108 valence electrons. The van der Waals surface area contributed by atoms with Crippen LogP contribution in [0.2, 0.25) is 0 Å². The molecule has 2 aliphatic rings. The molecule has 0 N–H and O–H groups in total. The molecular formula is C17H22FNO. The zero-order valence-electron chi connectivity index (χ0n) is 11.9. The van der Waals surface area contributed by atoms with Crippen LogP contribution in [-0.2, 0) is 11.2 Å². The summed E-state index contributed by atoms with van der Waals surface area (Å²) in [6.07, 6.45) is 6.45. The number of hydrogen-bond donors (Lipinski definition) is 0. The third-order valence-corrected chi connectivity index (χ3v) is 4.49. The minimum absolute atomic E-state index is 0.156. The molecule has 0 aromatic heterocycles. The first-order valence-electron chi connectivity index (χ1n) is 7.75. The number of carbonyl (C=O) groups excluding carboxylic acids is 1. The minimum Gasteiger partial charge on any atom is -0.342 e. The Balaban J connectivity index is 1.51. The van der Waals surface area contributed by atoms with Crippen LogP contribution >= 0.6 is 0 Å². The third-order valence-electron chi connectivity index (χ3n) is 4.49. The van der Waals surface area contributed by atoms with Crippen molar-refractivity contribution in [3.05, 3.63) is 35.6 Å². The molecule has 3 rings (SSSR count). The first-order valence-corrected chi connectivity index (χ1v) is 7.75. The van der Waals surface area contributed by atoms with Crippen molar-refractivity contribution in [2.75, 3.05) is 13.1 Å². The number of benzene rings is 1. The Morgan fingerprint density at radius 1 is 1.30 bits per heavy atom. The summed E-state index contributed by atoms with van der Waals surface area (Å²) in [7, 11) is 0. The second-order valence-electron chi connectivity index (χ2n) is 6.24. The van der Waals surface area contributed by atoms with Crippen LogP contribution in [0.3, 0.4) is 0 Å². The fraction of sp³-hybridized carbons (Fsp3) is 0.588. The molecule has 0 bridgehead atoms. The summed E-state index contributed by atoms with van der Waals surface area (Å²) in [6, 6.07) is 6.86. The van der Waals surface area contributed by atoms with E-state index >= 15 is 0 Å². The molecule has 1 aromatic rings. The summed E-state index contributed by atoms with van der Waals surface area (Å²) in [5.74, 6) is 1.13. The summed E-state index contributed by atoms with van der Waals surface area (Å²) < 4.78 is 13.1. The average Bonchev–Trinajstić information content (AvgIpc) is 3.29. The lowest BCUT2D eigenvalue weighted by atomic mass is 9.91. The fourth-order valence-electron chi connectivity index (χ4n) is 3.15. The highest BCUT2D eigenvalue weighted by molar-refractivity contribution is 5.81. The Hall–Kier alpha value is -1.38. The Labute approximate surface area is 120 Å². The molecule has 0 radical (unpaired) electrons. The van der Waals surface area contributed by atoms with Crippen molar-refractivity contribution in [1.82, 2.24) is 4.90 Å². The molecule has 1 saturated heterocycles. The van der Waals surface area contributed by atoms with Crippen molar-refractivity contribution >= 4 is 5.91 Å². The second-order valence-corrected chi connectivity index (χ2v) is 6.24. The quantitative estimate of drug-likeness (QED) is 0.824. The minimum atomic E-state index is -0.156. The molecule has 1 amide bonds. The van der Waals surface area contributed by atoms with Gasteiger partial charge in [-0.2, -0.15) is 0 Å². The standard InChI is InChI=1S/C17H22FNO/c18-16-5-1-3-13(11-16)6-7-14-4-2-10-19(12-14)17(20)15-8-9-15/h1,3,5,11,14-15H,2,4,6-10,12H2/t14-/m1/s1. The summed E-state index contributed by atoms with van der Waals surface area (Å²) in [5, 5.41) is 0. The third kappa shape index (κ3) is 3.38. The monoisotopic (exact) mass is 275 g/mol. The maximum Gasteiger partial charge on any atom is 0.225 e. The Morgan fingerprint density at radius 2 is 2.15 bits per heavy atom. The maximum absolute atomic E-state index is 13.1. The summed E-state index contributed by atoms with van der Waals surface area (Å²) in [6.45, 7) is 1.84. The number of piperidine rings is 1. The molecule has 0 unspecified atom stereocenters. The van der Waals surface area contributed by atoms with Crippen molar-refractivity contribution in [2.45, 2.75) is 38.5 Å². The van der Waals surface area contributed by atoms with Crippen molar-refractivity contribution in [3.8, 4) is 0 Å². The van der Waals surface area contributed by atoms with Crippen molar-refractivity contribution in [1.29, 1.82) is 0 Å². The van der Waals surface area contributed by atoms with Crippen molar-refractivity contribution in [2.24, 2.45) is 11.8 Å². The SMILES string of the molecule is O=C(C1CC1)N1CCC[C@H](CCc2cccc(F)c2)C1. The topological polar surface area (TPSA) is 20.3 Å². The van der Waals surface area contributed by atoms with E-state index in [0.717, 1.165) is 50.8 Å². The van der Waals surface area contributed by atoms with Gasteiger partial charge in [0.25, 0.3) is 0 Å². The Kier molecular flexibility index (Phi) is 4.04. The van der Waals surface area contributed by atoms with Gasteiger partial charge in [-0.25, -0.2) is 4.39 Å². The first kappa shape index (κ1) is 13.6. The first-order chi connectivity index (χ1) is 9.72. The van der Waals surface area contributed by atoms with E-state index in [2.05, 4.69) is 4.90 Å². The molecular weight excluding hydrogens is 253 g/mol. The van der Waals surface area contributed by atoms with E-state index in [0.29, 0.717) is 17.7 Å². The smallest absolute Gasteiger partial charge is 0.225 e. The van der Waals surface area contributed by atoms with Gasteiger partial charge in [0.05, 0.1) is 0 Å². The number of amides is 1. The van der Waals surface area contributed by atoms with Gasteiger partial charge in [0.15, 0.2) is 0 Å². The Morgan fingerprint density at radius 3 is 2.90 bits per heavy atom.